The van der Waals surface area contributed by atoms with Crippen LogP contribution in [0.3, 0.4) is 0 Å². The molecule has 1 aromatic heterocycles. The molecule has 1 rings (SSSR count). The number of aromatic nitrogens is 1. The number of nitrogen functional groups attached to an aromatic ring is 1. The van der Waals surface area contributed by atoms with Crippen LogP contribution >= 0.6 is 0 Å². The Morgan fingerprint density at radius 2 is 2.05 bits per heavy atom. The van der Waals surface area contributed by atoms with Gasteiger partial charge in [0, 0.05) is 18.9 Å². The number of nitrogens with one attached hydrogen (secondary N) is 3. The Hall–Kier alpha value is -2.15. The topological polar surface area (TPSA) is 109 Å². The summed E-state index contributed by atoms with van der Waals surface area (Å²) in [4.78, 5) is 27.7. The number of nitrogens with two attached hydrogens (primary N) is 1. The number of rotatable bonds is 6. The maximum Gasteiger partial charge on any atom is 0.255 e. The third kappa shape index (κ3) is 4.51. The van der Waals surface area contributed by atoms with Gasteiger partial charge in [0.1, 0.15) is 6.04 Å². The van der Waals surface area contributed by atoms with Crippen LogP contribution in [-0.2, 0) is 4.79 Å². The van der Waals surface area contributed by atoms with E-state index in [1.165, 1.54) is 12.4 Å². The van der Waals surface area contributed by atoms with E-state index in [2.05, 4.69) is 21.0 Å². The van der Waals surface area contributed by atoms with E-state index in [-0.39, 0.29) is 5.91 Å². The van der Waals surface area contributed by atoms with Crippen LogP contribution in [0.15, 0.2) is 18.5 Å². The summed E-state index contributed by atoms with van der Waals surface area (Å²) in [6.07, 6.45) is 2.91. The number of carbonyl (C=O) groups is 2. The molecule has 0 radical (unpaired) electrons. The average molecular weight is 279 g/mol. The second kappa shape index (κ2) is 7.44. The van der Waals surface area contributed by atoms with Crippen molar-refractivity contribution in [1.29, 1.82) is 0 Å². The predicted octanol–water partition coefficient (Wildman–Crippen LogP) is 0.258. The molecule has 5 N–H and O–H groups in total. The molecule has 0 saturated heterocycles. The normalized spacial score (nSPS) is 11.8. The van der Waals surface area contributed by atoms with E-state index < -0.39 is 11.9 Å². The van der Waals surface area contributed by atoms with Crippen LogP contribution in [0.25, 0.3) is 0 Å². The molecule has 0 aliphatic carbocycles. The van der Waals surface area contributed by atoms with Crippen molar-refractivity contribution in [3.63, 3.8) is 0 Å². The Labute approximate surface area is 118 Å². The molecule has 110 valence electrons. The fourth-order valence-electron chi connectivity index (χ4n) is 1.50. The first kappa shape index (κ1) is 15.9. The lowest BCUT2D eigenvalue weighted by molar-refractivity contribution is -0.122. The number of pyridine rings is 1. The number of nitrogens with zero attached hydrogens (tertiary/aromatic N) is 1. The summed E-state index contributed by atoms with van der Waals surface area (Å²) >= 11 is 0. The van der Waals surface area contributed by atoms with E-state index >= 15 is 0 Å². The first-order valence-corrected chi connectivity index (χ1v) is 6.45. The first-order valence-electron chi connectivity index (χ1n) is 6.45. The number of amides is 2. The molecule has 7 nitrogen and oxygen atoms in total. The summed E-state index contributed by atoms with van der Waals surface area (Å²) in [5.74, 6) is 5.05. The van der Waals surface area contributed by atoms with E-state index in [9.17, 15) is 9.59 Å². The van der Waals surface area contributed by atoms with Crippen LogP contribution < -0.4 is 21.9 Å². The molecule has 0 aliphatic heterocycles. The predicted molar refractivity (Wildman–Crippen MR) is 76.8 cm³/mol. The molecular formula is C13H21N5O2. The minimum atomic E-state index is -0.632. The van der Waals surface area contributed by atoms with Gasteiger partial charge in [0.15, 0.2) is 0 Å². The molecule has 2 amide bonds. The standard InChI is InChI=1S/C13H21N5O2/c1-8(2)6-16-12(19)9(3)17-13(20)10-7-15-5-4-11(10)18-14/h4-5,7-9H,6,14H2,1-3H3,(H,15,18)(H,16,19)(H,17,20). The van der Waals surface area contributed by atoms with Crippen molar-refractivity contribution in [3.05, 3.63) is 24.0 Å². The molecule has 1 unspecified atom stereocenters. The second-order valence-electron chi connectivity index (χ2n) is 4.90. The summed E-state index contributed by atoms with van der Waals surface area (Å²) in [5.41, 5.74) is 3.16. The van der Waals surface area contributed by atoms with Crippen molar-refractivity contribution in [2.45, 2.75) is 26.8 Å². The summed E-state index contributed by atoms with van der Waals surface area (Å²) < 4.78 is 0. The van der Waals surface area contributed by atoms with Crippen molar-refractivity contribution in [3.8, 4) is 0 Å². The van der Waals surface area contributed by atoms with Crippen LogP contribution in [0.2, 0.25) is 0 Å². The van der Waals surface area contributed by atoms with Crippen molar-refractivity contribution in [2.24, 2.45) is 11.8 Å². The first-order chi connectivity index (χ1) is 9.45. The van der Waals surface area contributed by atoms with Gasteiger partial charge in [-0.25, -0.2) is 0 Å². The van der Waals surface area contributed by atoms with E-state index in [4.69, 9.17) is 5.84 Å². The largest absolute Gasteiger partial charge is 0.354 e. The van der Waals surface area contributed by atoms with Gasteiger partial charge in [-0.05, 0) is 18.9 Å². The summed E-state index contributed by atoms with van der Waals surface area (Å²) in [6, 6.07) is 0.949. The molecule has 0 saturated carbocycles. The minimum absolute atomic E-state index is 0.224. The highest BCUT2D eigenvalue weighted by atomic mass is 16.2. The highest BCUT2D eigenvalue weighted by Crippen LogP contribution is 2.11. The molecule has 0 fully saturated rings. The number of hydrogen-bond acceptors (Lipinski definition) is 5. The van der Waals surface area contributed by atoms with Gasteiger partial charge < -0.3 is 16.1 Å². The molecule has 0 bridgehead atoms. The molecule has 0 aliphatic rings. The summed E-state index contributed by atoms with van der Waals surface area (Å²) in [7, 11) is 0. The Kier molecular flexibility index (Phi) is 5.92. The zero-order valence-electron chi connectivity index (χ0n) is 11.9. The van der Waals surface area contributed by atoms with Gasteiger partial charge in [0.05, 0.1) is 11.3 Å². The van der Waals surface area contributed by atoms with Crippen LogP contribution in [0.1, 0.15) is 31.1 Å². The van der Waals surface area contributed by atoms with Gasteiger partial charge in [-0.15, -0.1) is 0 Å². The fourth-order valence-corrected chi connectivity index (χ4v) is 1.50. The minimum Gasteiger partial charge on any atom is -0.354 e. The van der Waals surface area contributed by atoms with Gasteiger partial charge in [-0.1, -0.05) is 13.8 Å². The number of hydrogen-bond donors (Lipinski definition) is 4. The Morgan fingerprint density at radius 1 is 1.35 bits per heavy atom. The summed E-state index contributed by atoms with van der Waals surface area (Å²) in [5, 5.41) is 5.37. The van der Waals surface area contributed by atoms with Crippen LogP contribution in [-0.4, -0.2) is 29.4 Å². The van der Waals surface area contributed by atoms with Gasteiger partial charge in [0.2, 0.25) is 5.91 Å². The average Bonchev–Trinajstić information content (AvgIpc) is 2.44. The zero-order valence-corrected chi connectivity index (χ0v) is 11.9. The van der Waals surface area contributed by atoms with Crippen molar-refractivity contribution in [1.82, 2.24) is 15.6 Å². The van der Waals surface area contributed by atoms with Gasteiger partial charge in [-0.3, -0.25) is 20.4 Å². The maximum absolute atomic E-state index is 12.1. The Balaban J connectivity index is 2.63. The van der Waals surface area contributed by atoms with E-state index in [0.29, 0.717) is 23.7 Å². The van der Waals surface area contributed by atoms with E-state index in [1.54, 1.807) is 13.0 Å². The third-order valence-corrected chi connectivity index (χ3v) is 2.65. The lowest BCUT2D eigenvalue weighted by Crippen LogP contribution is -2.45. The van der Waals surface area contributed by atoms with E-state index in [1.807, 2.05) is 13.8 Å². The highest BCUT2D eigenvalue weighted by Gasteiger charge is 2.18. The quantitative estimate of drug-likeness (QED) is 0.441. The zero-order chi connectivity index (χ0) is 15.1. The van der Waals surface area contributed by atoms with Crippen LogP contribution in [0.4, 0.5) is 5.69 Å². The number of hydrazine groups is 1. The van der Waals surface area contributed by atoms with Gasteiger partial charge in [-0.2, -0.15) is 0 Å². The molecule has 20 heavy (non-hydrogen) atoms. The van der Waals surface area contributed by atoms with Crippen molar-refractivity contribution >= 4 is 17.5 Å². The van der Waals surface area contributed by atoms with Crippen molar-refractivity contribution in [2.75, 3.05) is 12.0 Å². The molecule has 1 aromatic rings. The van der Waals surface area contributed by atoms with E-state index in [0.717, 1.165) is 0 Å². The number of carbonyl (C=O) groups excluding carboxylic acids is 2. The summed E-state index contributed by atoms with van der Waals surface area (Å²) in [6.45, 7) is 6.19. The Bertz CT molecular complexity index is 476. The lowest BCUT2D eigenvalue weighted by Gasteiger charge is -2.16. The highest BCUT2D eigenvalue weighted by molar-refractivity contribution is 6.01. The molecule has 7 heteroatoms. The number of anilines is 1. The molecule has 0 spiro atoms. The van der Waals surface area contributed by atoms with Gasteiger partial charge in [0.25, 0.3) is 5.91 Å². The van der Waals surface area contributed by atoms with Crippen LogP contribution in [0, 0.1) is 5.92 Å². The monoisotopic (exact) mass is 279 g/mol. The molecule has 1 heterocycles. The van der Waals surface area contributed by atoms with Crippen LogP contribution in [0.5, 0.6) is 0 Å². The Morgan fingerprint density at radius 3 is 2.65 bits per heavy atom. The lowest BCUT2D eigenvalue weighted by atomic mass is 10.2. The van der Waals surface area contributed by atoms with Crippen molar-refractivity contribution < 1.29 is 9.59 Å². The third-order valence-electron chi connectivity index (χ3n) is 2.65. The molecule has 1 atom stereocenters. The maximum atomic E-state index is 12.1. The van der Waals surface area contributed by atoms with Gasteiger partial charge >= 0.3 is 0 Å². The SMILES string of the molecule is CC(C)CNC(=O)C(C)NC(=O)c1cnccc1NN. The smallest absolute Gasteiger partial charge is 0.255 e. The molecular weight excluding hydrogens is 258 g/mol. The fraction of sp³-hybridized carbons (Fsp3) is 0.462. The molecule has 0 aromatic carbocycles. The second-order valence-corrected chi connectivity index (χ2v) is 4.90.